The lowest BCUT2D eigenvalue weighted by Gasteiger charge is -2.06. The van der Waals surface area contributed by atoms with Gasteiger partial charge in [0.2, 0.25) is 5.39 Å². The molecule has 8 nitrogen and oxygen atoms in total. The molecule has 0 fully saturated rings. The molecule has 18 heavy (non-hydrogen) atoms. The van der Waals surface area contributed by atoms with E-state index in [1.54, 1.807) is 0 Å². The monoisotopic (exact) mass is 357 g/mol. The van der Waals surface area contributed by atoms with Crippen LogP contribution in [0.15, 0.2) is 20.3 Å². The predicted molar refractivity (Wildman–Crippen MR) is 63.3 cm³/mol. The molecule has 0 saturated carbocycles. The minimum Gasteiger partial charge on any atom is -0.282 e. The van der Waals surface area contributed by atoms with Crippen LogP contribution in [0.2, 0.25) is 0 Å². The quantitative estimate of drug-likeness (QED) is 0.607. The third-order valence-electron chi connectivity index (χ3n) is 2.03. The van der Waals surface area contributed by atoms with E-state index in [0.717, 1.165) is 6.92 Å². The van der Waals surface area contributed by atoms with E-state index in [1.165, 1.54) is 0 Å². The van der Waals surface area contributed by atoms with Crippen LogP contribution in [0.1, 0.15) is 5.56 Å². The number of benzene rings is 1. The average Bonchev–Trinajstić information content (AvgIpc) is 2.17. The number of diazo groups is 1. The maximum Gasteiger partial charge on any atom is 0.407 e. The molecule has 1 rings (SSSR count). The Bertz CT molecular complexity index is 762. The summed E-state index contributed by atoms with van der Waals surface area (Å²) in [5.74, 6) is 0. The standard InChI is InChI=1S/C7H5BrN2O6S2/c1-3-6(8)5(17(11,12)13)2-4(10-9)7(3)18(14,15)16/h2H,1H3,(H-,11,12,13,14,15,16)/p+1. The molecule has 0 atom stereocenters. The van der Waals surface area contributed by atoms with Crippen LogP contribution < -0.4 is 0 Å². The van der Waals surface area contributed by atoms with Crippen LogP contribution in [0.3, 0.4) is 0 Å². The van der Waals surface area contributed by atoms with E-state index in [4.69, 9.17) is 14.5 Å². The summed E-state index contributed by atoms with van der Waals surface area (Å²) in [6.45, 7) is 1.16. The molecule has 2 N–H and O–H groups in total. The Morgan fingerprint density at radius 1 is 1.22 bits per heavy atom. The first-order chi connectivity index (χ1) is 8.00. The Hall–Kier alpha value is -1.06. The SMILES string of the molecule is Cc1c(Br)c(S(=O)(=O)O)cc([N+]#N)c1S(=O)(=O)O. The van der Waals surface area contributed by atoms with Crippen molar-refractivity contribution in [1.82, 2.24) is 0 Å². The molecule has 0 bridgehead atoms. The highest BCUT2D eigenvalue weighted by Gasteiger charge is 2.33. The van der Waals surface area contributed by atoms with Gasteiger partial charge in [0, 0.05) is 4.47 Å². The zero-order valence-corrected chi connectivity index (χ0v) is 11.9. The molecule has 1 aromatic rings. The second-order valence-electron chi connectivity index (χ2n) is 3.21. The zero-order chi connectivity index (χ0) is 14.3. The summed E-state index contributed by atoms with van der Waals surface area (Å²) in [7, 11) is -9.37. The molecule has 0 saturated heterocycles. The van der Waals surface area contributed by atoms with E-state index in [2.05, 4.69) is 20.9 Å². The highest BCUT2D eigenvalue weighted by atomic mass is 79.9. The fraction of sp³-hybridized carbons (Fsp3) is 0.143. The first-order valence-corrected chi connectivity index (χ1v) is 7.80. The lowest BCUT2D eigenvalue weighted by Crippen LogP contribution is -2.06. The minimum absolute atomic E-state index is 0.222. The summed E-state index contributed by atoms with van der Waals surface area (Å²) in [5.41, 5.74) is -0.925. The van der Waals surface area contributed by atoms with Crippen LogP contribution in [0.5, 0.6) is 0 Å². The van der Waals surface area contributed by atoms with Gasteiger partial charge in [0.1, 0.15) is 4.90 Å². The summed E-state index contributed by atoms with van der Waals surface area (Å²) in [5, 5.41) is 8.64. The molecule has 98 valence electrons. The van der Waals surface area contributed by atoms with Gasteiger partial charge in [-0.1, -0.05) is 0 Å². The van der Waals surface area contributed by atoms with Gasteiger partial charge in [0.25, 0.3) is 10.1 Å². The molecule has 0 aliphatic heterocycles. The first-order valence-electron chi connectivity index (χ1n) is 4.13. The van der Waals surface area contributed by atoms with Crippen LogP contribution in [0.25, 0.3) is 4.98 Å². The maximum absolute atomic E-state index is 11.1. The van der Waals surface area contributed by atoms with E-state index in [0.29, 0.717) is 6.07 Å². The Morgan fingerprint density at radius 2 is 1.72 bits per heavy atom. The van der Waals surface area contributed by atoms with Gasteiger partial charge in [0.05, 0.1) is 6.07 Å². The molecular weight excluding hydrogens is 352 g/mol. The number of hydrogen-bond acceptors (Lipinski definition) is 5. The maximum atomic E-state index is 11.1. The Morgan fingerprint density at radius 3 is 2.06 bits per heavy atom. The normalized spacial score (nSPS) is 12.2. The van der Waals surface area contributed by atoms with E-state index < -0.39 is 35.7 Å². The third kappa shape index (κ3) is 2.68. The second kappa shape index (κ2) is 4.56. The second-order valence-corrected chi connectivity index (χ2v) is 6.75. The fourth-order valence-corrected chi connectivity index (χ4v) is 3.87. The minimum atomic E-state index is -4.72. The molecule has 1 aromatic carbocycles. The molecule has 11 heteroatoms. The van der Waals surface area contributed by atoms with Crippen molar-refractivity contribution in [3.8, 4) is 0 Å². The van der Waals surface area contributed by atoms with Gasteiger partial charge >= 0.3 is 15.8 Å². The van der Waals surface area contributed by atoms with Crippen molar-refractivity contribution in [3.05, 3.63) is 21.1 Å². The zero-order valence-electron chi connectivity index (χ0n) is 8.69. The van der Waals surface area contributed by atoms with Crippen molar-refractivity contribution in [2.75, 3.05) is 0 Å². The van der Waals surface area contributed by atoms with Crippen molar-refractivity contribution in [2.24, 2.45) is 0 Å². The molecule has 0 radical (unpaired) electrons. The van der Waals surface area contributed by atoms with Gasteiger partial charge in [-0.2, -0.15) is 16.8 Å². The fourth-order valence-electron chi connectivity index (χ4n) is 1.32. The largest absolute Gasteiger partial charge is 0.407 e. The summed E-state index contributed by atoms with van der Waals surface area (Å²) in [4.78, 5) is 1.14. The summed E-state index contributed by atoms with van der Waals surface area (Å²) in [6.07, 6.45) is 0. The number of hydrogen-bond donors (Lipinski definition) is 2. The number of halogens is 1. The highest BCUT2D eigenvalue weighted by molar-refractivity contribution is 9.10. The van der Waals surface area contributed by atoms with Crippen LogP contribution in [-0.4, -0.2) is 25.9 Å². The molecule has 0 amide bonds. The molecular formula is C7H6BrN2O6S2+. The predicted octanol–water partition coefficient (Wildman–Crippen LogP) is 1.74. The Labute approximate surface area is 111 Å². The molecule has 0 aromatic heterocycles. The topological polar surface area (TPSA) is 137 Å². The van der Waals surface area contributed by atoms with Gasteiger partial charge < -0.3 is 0 Å². The van der Waals surface area contributed by atoms with Crippen molar-refractivity contribution in [2.45, 2.75) is 16.7 Å². The number of rotatable bonds is 2. The third-order valence-corrected chi connectivity index (χ3v) is 5.22. The molecule has 0 aliphatic rings. The van der Waals surface area contributed by atoms with Crippen molar-refractivity contribution < 1.29 is 25.9 Å². The molecule has 0 aliphatic carbocycles. The van der Waals surface area contributed by atoms with Gasteiger partial charge in [-0.05, 0) is 28.4 Å². The van der Waals surface area contributed by atoms with Gasteiger partial charge in [-0.25, -0.2) is 0 Å². The van der Waals surface area contributed by atoms with Crippen molar-refractivity contribution >= 4 is 41.9 Å². The summed E-state index contributed by atoms with van der Waals surface area (Å²) in [6, 6.07) is 0.607. The molecule has 0 spiro atoms. The molecule has 0 unspecified atom stereocenters. The summed E-state index contributed by atoms with van der Waals surface area (Å²) >= 11 is 2.78. The smallest absolute Gasteiger partial charge is 0.282 e. The van der Waals surface area contributed by atoms with Crippen LogP contribution >= 0.6 is 15.9 Å². The highest BCUT2D eigenvalue weighted by Crippen LogP contribution is 2.37. The average molecular weight is 358 g/mol. The van der Waals surface area contributed by atoms with Gasteiger partial charge in [-0.15, -0.1) is 0 Å². The Balaban J connectivity index is 3.97. The van der Waals surface area contributed by atoms with Crippen LogP contribution in [0.4, 0.5) is 5.69 Å². The number of nitrogens with zero attached hydrogens (tertiary/aromatic N) is 2. The molecule has 0 heterocycles. The van der Waals surface area contributed by atoms with E-state index in [-0.39, 0.29) is 10.0 Å². The Kier molecular flexibility index (Phi) is 3.80. The lowest BCUT2D eigenvalue weighted by atomic mass is 10.2. The summed E-state index contributed by atoms with van der Waals surface area (Å²) < 4.78 is 61.9. The van der Waals surface area contributed by atoms with Crippen molar-refractivity contribution in [1.29, 1.82) is 5.39 Å². The van der Waals surface area contributed by atoms with Gasteiger partial charge in [-0.3, -0.25) is 9.11 Å². The van der Waals surface area contributed by atoms with Crippen LogP contribution in [0, 0.1) is 12.3 Å². The van der Waals surface area contributed by atoms with Crippen molar-refractivity contribution in [3.63, 3.8) is 0 Å². The van der Waals surface area contributed by atoms with Gasteiger partial charge in [0.15, 0.2) is 9.87 Å². The first kappa shape index (κ1) is 15.0. The van der Waals surface area contributed by atoms with Crippen LogP contribution in [-0.2, 0) is 20.2 Å². The lowest BCUT2D eigenvalue weighted by molar-refractivity contribution is 0.478. The van der Waals surface area contributed by atoms with E-state index in [1.807, 2.05) is 0 Å². The van der Waals surface area contributed by atoms with E-state index >= 15 is 0 Å². The van der Waals surface area contributed by atoms with E-state index in [9.17, 15) is 16.8 Å².